The minimum Gasteiger partial charge on any atom is -0.383 e. The van der Waals surface area contributed by atoms with Crippen molar-refractivity contribution >= 4 is 38.2 Å². The van der Waals surface area contributed by atoms with Gasteiger partial charge < -0.3 is 10.6 Å². The van der Waals surface area contributed by atoms with Gasteiger partial charge in [-0.2, -0.15) is 10.1 Å². The predicted octanol–water partition coefficient (Wildman–Crippen LogP) is 3.22. The standard InChI is InChI=1S/C20H19FN6O2S/c1-11-16(5-4-6-17(11)30(3,28)29)27(2)20-23-10-14(19(22)24-20)18-13-9-12(21)7-8-15(13)25-26-18/h4-10H,1-3H3,(H,25,26)(H2,22,23,24). The van der Waals surface area contributed by atoms with Gasteiger partial charge in [0.2, 0.25) is 5.95 Å². The van der Waals surface area contributed by atoms with E-state index < -0.39 is 9.84 Å². The molecule has 0 spiro atoms. The van der Waals surface area contributed by atoms with Gasteiger partial charge in [0.05, 0.1) is 16.0 Å². The fourth-order valence-electron chi connectivity index (χ4n) is 3.40. The zero-order valence-electron chi connectivity index (χ0n) is 16.5. The number of rotatable bonds is 4. The van der Waals surface area contributed by atoms with Crippen LogP contribution in [0.4, 0.5) is 21.8 Å². The van der Waals surface area contributed by atoms with Crippen molar-refractivity contribution < 1.29 is 12.8 Å². The highest BCUT2D eigenvalue weighted by atomic mass is 32.2. The fraction of sp³-hybridized carbons (Fsp3) is 0.150. The molecule has 8 nitrogen and oxygen atoms in total. The molecule has 2 aromatic heterocycles. The van der Waals surface area contributed by atoms with Crippen LogP contribution >= 0.6 is 0 Å². The van der Waals surface area contributed by atoms with Gasteiger partial charge in [0.15, 0.2) is 9.84 Å². The molecule has 0 unspecified atom stereocenters. The summed E-state index contributed by atoms with van der Waals surface area (Å²) in [5.74, 6) is 0.0691. The normalized spacial score (nSPS) is 11.7. The van der Waals surface area contributed by atoms with Gasteiger partial charge in [-0.15, -0.1) is 0 Å². The molecule has 0 radical (unpaired) electrons. The molecule has 0 aliphatic rings. The topological polar surface area (TPSA) is 118 Å². The number of benzene rings is 2. The molecule has 0 saturated carbocycles. The first-order chi connectivity index (χ1) is 14.2. The number of anilines is 3. The van der Waals surface area contributed by atoms with Gasteiger partial charge in [-0.3, -0.25) is 5.10 Å². The molecule has 154 valence electrons. The van der Waals surface area contributed by atoms with Gasteiger partial charge >= 0.3 is 0 Å². The first-order valence-corrected chi connectivity index (χ1v) is 10.9. The third-order valence-electron chi connectivity index (χ3n) is 4.90. The Labute approximate surface area is 172 Å². The zero-order valence-corrected chi connectivity index (χ0v) is 17.3. The summed E-state index contributed by atoms with van der Waals surface area (Å²) in [6.07, 6.45) is 2.68. The number of aromatic nitrogens is 4. The van der Waals surface area contributed by atoms with E-state index in [0.717, 1.165) is 0 Å². The number of fused-ring (bicyclic) bond motifs is 1. The summed E-state index contributed by atoms with van der Waals surface area (Å²) in [6, 6.07) is 9.31. The summed E-state index contributed by atoms with van der Waals surface area (Å²) in [4.78, 5) is 10.6. The van der Waals surface area contributed by atoms with E-state index in [9.17, 15) is 12.8 Å². The number of halogens is 1. The van der Waals surface area contributed by atoms with E-state index in [-0.39, 0.29) is 22.5 Å². The highest BCUT2D eigenvalue weighted by molar-refractivity contribution is 7.90. The van der Waals surface area contributed by atoms with E-state index in [1.54, 1.807) is 43.1 Å². The molecule has 0 atom stereocenters. The molecule has 30 heavy (non-hydrogen) atoms. The third-order valence-corrected chi connectivity index (χ3v) is 6.14. The molecular formula is C20H19FN6O2S. The van der Waals surface area contributed by atoms with E-state index in [2.05, 4.69) is 20.2 Å². The number of nitrogens with two attached hydrogens (primary N) is 1. The van der Waals surface area contributed by atoms with E-state index in [0.29, 0.717) is 33.4 Å². The maximum atomic E-state index is 13.7. The largest absolute Gasteiger partial charge is 0.383 e. The molecule has 2 aromatic carbocycles. The van der Waals surface area contributed by atoms with Crippen molar-refractivity contribution in [1.29, 1.82) is 0 Å². The van der Waals surface area contributed by atoms with E-state index in [1.807, 2.05) is 0 Å². The summed E-state index contributed by atoms with van der Waals surface area (Å²) in [5.41, 5.74) is 8.98. The average Bonchev–Trinajstić information content (AvgIpc) is 3.09. The van der Waals surface area contributed by atoms with E-state index in [4.69, 9.17) is 5.73 Å². The molecular weight excluding hydrogens is 407 g/mol. The Morgan fingerprint density at radius 2 is 1.97 bits per heavy atom. The predicted molar refractivity (Wildman–Crippen MR) is 114 cm³/mol. The molecule has 4 rings (SSSR count). The van der Waals surface area contributed by atoms with Gasteiger partial charge in [-0.25, -0.2) is 17.8 Å². The number of nitrogens with one attached hydrogen (secondary N) is 1. The number of sulfone groups is 1. The summed E-state index contributed by atoms with van der Waals surface area (Å²) in [5, 5.41) is 7.63. The highest BCUT2D eigenvalue weighted by Gasteiger charge is 2.19. The van der Waals surface area contributed by atoms with Crippen LogP contribution in [0.15, 0.2) is 47.5 Å². The van der Waals surface area contributed by atoms with E-state index >= 15 is 0 Å². The third kappa shape index (κ3) is 3.35. The Kier molecular flexibility index (Phi) is 4.65. The lowest BCUT2D eigenvalue weighted by atomic mass is 10.1. The Morgan fingerprint density at radius 1 is 1.20 bits per heavy atom. The van der Waals surface area contributed by atoms with Crippen molar-refractivity contribution in [3.63, 3.8) is 0 Å². The quantitative estimate of drug-likeness (QED) is 0.514. The van der Waals surface area contributed by atoms with Gasteiger partial charge in [-0.1, -0.05) is 6.07 Å². The summed E-state index contributed by atoms with van der Waals surface area (Å²) in [6.45, 7) is 1.73. The smallest absolute Gasteiger partial charge is 0.231 e. The Morgan fingerprint density at radius 3 is 2.67 bits per heavy atom. The van der Waals surface area contributed by atoms with Crippen LogP contribution in [-0.2, 0) is 9.84 Å². The van der Waals surface area contributed by atoms with Crippen LogP contribution in [0.5, 0.6) is 0 Å². The van der Waals surface area contributed by atoms with Crippen molar-refractivity contribution in [3.05, 3.63) is 54.0 Å². The van der Waals surface area contributed by atoms with Crippen LogP contribution < -0.4 is 10.6 Å². The molecule has 0 bridgehead atoms. The van der Waals surface area contributed by atoms with Crippen molar-refractivity contribution in [3.8, 4) is 11.3 Å². The molecule has 4 aromatic rings. The molecule has 0 aliphatic carbocycles. The Hall–Kier alpha value is -3.53. The molecule has 0 fully saturated rings. The van der Waals surface area contributed by atoms with Gasteiger partial charge in [0.25, 0.3) is 0 Å². The second kappa shape index (κ2) is 7.06. The Balaban J connectivity index is 1.76. The molecule has 2 heterocycles. The van der Waals surface area contributed by atoms with E-state index in [1.165, 1.54) is 24.6 Å². The number of hydrogen-bond donors (Lipinski definition) is 2. The average molecular weight is 426 g/mol. The molecule has 0 aliphatic heterocycles. The van der Waals surface area contributed by atoms with Crippen LogP contribution in [0.25, 0.3) is 22.2 Å². The molecule has 0 amide bonds. The lowest BCUT2D eigenvalue weighted by Gasteiger charge is -2.21. The maximum Gasteiger partial charge on any atom is 0.231 e. The number of aromatic amines is 1. The Bertz CT molecular complexity index is 1380. The molecule has 3 N–H and O–H groups in total. The fourth-order valence-corrected chi connectivity index (χ4v) is 4.38. The zero-order chi connectivity index (χ0) is 21.6. The lowest BCUT2D eigenvalue weighted by molar-refractivity contribution is 0.601. The number of nitrogens with zero attached hydrogens (tertiary/aromatic N) is 4. The summed E-state index contributed by atoms with van der Waals surface area (Å²) in [7, 11) is -1.65. The lowest BCUT2D eigenvalue weighted by Crippen LogP contribution is -2.16. The van der Waals surface area contributed by atoms with Crippen LogP contribution in [0.3, 0.4) is 0 Å². The number of H-pyrrole nitrogens is 1. The van der Waals surface area contributed by atoms with Gasteiger partial charge in [-0.05, 0) is 42.8 Å². The van der Waals surface area contributed by atoms with Crippen molar-refractivity contribution in [2.24, 2.45) is 0 Å². The van der Waals surface area contributed by atoms with Crippen molar-refractivity contribution in [2.75, 3.05) is 23.9 Å². The monoisotopic (exact) mass is 426 g/mol. The van der Waals surface area contributed by atoms with Crippen LogP contribution in [0.2, 0.25) is 0 Å². The second-order valence-corrected chi connectivity index (χ2v) is 8.95. The minimum atomic E-state index is -3.38. The van der Waals surface area contributed by atoms with Crippen LogP contribution in [0.1, 0.15) is 5.56 Å². The number of hydrogen-bond acceptors (Lipinski definition) is 7. The highest BCUT2D eigenvalue weighted by Crippen LogP contribution is 2.33. The van der Waals surface area contributed by atoms with Gasteiger partial charge in [0.1, 0.15) is 17.3 Å². The molecule has 0 saturated heterocycles. The van der Waals surface area contributed by atoms with Crippen molar-refractivity contribution in [2.45, 2.75) is 11.8 Å². The molecule has 10 heteroatoms. The van der Waals surface area contributed by atoms with Crippen LogP contribution in [-0.4, -0.2) is 41.9 Å². The first-order valence-electron chi connectivity index (χ1n) is 8.96. The minimum absolute atomic E-state index is 0.168. The summed E-state index contributed by atoms with van der Waals surface area (Å²) < 4.78 is 37.7. The number of nitrogen functional groups attached to an aromatic ring is 1. The first kappa shape index (κ1) is 19.8. The van der Waals surface area contributed by atoms with Gasteiger partial charge in [0, 0.05) is 30.6 Å². The SMILES string of the molecule is Cc1c(N(C)c2ncc(-c3n[nH]c4ccc(F)cc34)c(N)n2)cccc1S(C)(=O)=O. The second-order valence-electron chi connectivity index (χ2n) is 6.96. The van der Waals surface area contributed by atoms with Crippen molar-refractivity contribution in [1.82, 2.24) is 20.2 Å². The van der Waals surface area contributed by atoms with Crippen LogP contribution in [0, 0.1) is 12.7 Å². The summed E-state index contributed by atoms with van der Waals surface area (Å²) >= 11 is 0. The maximum absolute atomic E-state index is 13.7.